The number of carbonyl (C=O) groups excluding carboxylic acids is 1. The monoisotopic (exact) mass is 250 g/mol. The molecule has 0 aromatic carbocycles. The summed E-state index contributed by atoms with van der Waals surface area (Å²) in [4.78, 5) is 26.7. The number of carbonyl (C=O) groups is 2. The van der Waals surface area contributed by atoms with Gasteiger partial charge in [0.15, 0.2) is 0 Å². The van der Waals surface area contributed by atoms with Crippen LogP contribution >= 0.6 is 0 Å². The topological polar surface area (TPSA) is 79.3 Å². The highest BCUT2D eigenvalue weighted by Crippen LogP contribution is 2.19. The second kappa shape index (κ2) is 5.62. The van der Waals surface area contributed by atoms with E-state index in [2.05, 4.69) is 10.3 Å². The van der Waals surface area contributed by atoms with Crippen LogP contribution < -0.4 is 5.32 Å². The number of pyridine rings is 1. The van der Waals surface area contributed by atoms with Crippen LogP contribution in [0.25, 0.3) is 0 Å². The molecule has 1 aromatic heterocycles. The third kappa shape index (κ3) is 4.16. The van der Waals surface area contributed by atoms with Gasteiger partial charge in [0.05, 0.1) is 6.42 Å². The Balaban J connectivity index is 2.66. The molecule has 0 spiro atoms. The molecule has 0 aliphatic carbocycles. The van der Waals surface area contributed by atoms with Crippen molar-refractivity contribution in [1.29, 1.82) is 0 Å². The van der Waals surface area contributed by atoms with E-state index < -0.39 is 17.4 Å². The number of carboxylic acids is 1. The number of nitrogens with zero attached hydrogens (tertiary/aromatic N) is 1. The third-order valence-corrected chi connectivity index (χ3v) is 2.53. The Kier molecular flexibility index (Phi) is 4.42. The summed E-state index contributed by atoms with van der Waals surface area (Å²) in [6.45, 7) is 5.33. The van der Waals surface area contributed by atoms with Crippen LogP contribution in [0, 0.1) is 5.41 Å². The Bertz CT molecular complexity index is 424. The lowest BCUT2D eigenvalue weighted by molar-refractivity contribution is -0.144. The fraction of sp³-hybridized carbons (Fsp3) is 0.462. The number of aliphatic carboxylic acids is 1. The maximum absolute atomic E-state index is 11.8. The summed E-state index contributed by atoms with van der Waals surface area (Å²) in [5, 5.41) is 11.6. The minimum atomic E-state index is -1.02. The number of aromatic nitrogens is 1. The highest BCUT2D eigenvalue weighted by molar-refractivity contribution is 5.85. The van der Waals surface area contributed by atoms with Crippen LogP contribution in [0.1, 0.15) is 26.3 Å². The number of rotatable bonds is 4. The minimum Gasteiger partial charge on any atom is -0.480 e. The smallest absolute Gasteiger partial charge is 0.326 e. The van der Waals surface area contributed by atoms with Gasteiger partial charge in [-0.25, -0.2) is 4.79 Å². The molecule has 1 heterocycles. The van der Waals surface area contributed by atoms with Gasteiger partial charge in [-0.2, -0.15) is 0 Å². The molecule has 18 heavy (non-hydrogen) atoms. The molecule has 0 bridgehead atoms. The summed E-state index contributed by atoms with van der Waals surface area (Å²) in [6.07, 6.45) is 3.35. The molecule has 0 aliphatic heterocycles. The van der Waals surface area contributed by atoms with Crippen molar-refractivity contribution in [1.82, 2.24) is 10.3 Å². The van der Waals surface area contributed by atoms with Crippen LogP contribution in [0.4, 0.5) is 0 Å². The van der Waals surface area contributed by atoms with Gasteiger partial charge in [-0.15, -0.1) is 0 Å². The second-order valence-corrected chi connectivity index (χ2v) is 5.24. The van der Waals surface area contributed by atoms with Gasteiger partial charge >= 0.3 is 5.97 Å². The van der Waals surface area contributed by atoms with E-state index in [1.165, 1.54) is 0 Å². The van der Waals surface area contributed by atoms with Crippen molar-refractivity contribution in [3.05, 3.63) is 30.1 Å². The van der Waals surface area contributed by atoms with Crippen LogP contribution in [0.15, 0.2) is 24.5 Å². The predicted molar refractivity (Wildman–Crippen MR) is 67.0 cm³/mol. The van der Waals surface area contributed by atoms with Gasteiger partial charge in [0.2, 0.25) is 5.91 Å². The van der Waals surface area contributed by atoms with Crippen molar-refractivity contribution in [2.45, 2.75) is 33.2 Å². The maximum Gasteiger partial charge on any atom is 0.326 e. The van der Waals surface area contributed by atoms with Gasteiger partial charge in [-0.1, -0.05) is 20.8 Å². The molecule has 0 unspecified atom stereocenters. The maximum atomic E-state index is 11.8. The van der Waals surface area contributed by atoms with Gasteiger partial charge < -0.3 is 10.4 Å². The van der Waals surface area contributed by atoms with E-state index in [1.807, 2.05) is 0 Å². The van der Waals surface area contributed by atoms with E-state index in [0.717, 1.165) is 5.56 Å². The normalized spacial score (nSPS) is 12.8. The molecule has 0 fully saturated rings. The molecule has 1 atom stereocenters. The van der Waals surface area contributed by atoms with Crippen LogP contribution in [-0.4, -0.2) is 28.0 Å². The van der Waals surface area contributed by atoms with E-state index in [1.54, 1.807) is 45.3 Å². The fourth-order valence-electron chi connectivity index (χ4n) is 1.55. The first-order chi connectivity index (χ1) is 8.30. The summed E-state index contributed by atoms with van der Waals surface area (Å²) >= 11 is 0. The molecule has 2 N–H and O–H groups in total. The second-order valence-electron chi connectivity index (χ2n) is 5.24. The average molecular weight is 250 g/mol. The molecule has 1 rings (SSSR count). The van der Waals surface area contributed by atoms with Gasteiger partial charge in [-0.3, -0.25) is 9.78 Å². The number of carboxylic acid groups (broad SMARTS) is 1. The first kappa shape index (κ1) is 14.2. The Hall–Kier alpha value is -1.91. The molecule has 0 radical (unpaired) electrons. The van der Waals surface area contributed by atoms with Crippen LogP contribution in [-0.2, 0) is 16.0 Å². The van der Waals surface area contributed by atoms with Crippen molar-refractivity contribution >= 4 is 11.9 Å². The number of amides is 1. The molecule has 5 heteroatoms. The van der Waals surface area contributed by atoms with Crippen LogP contribution in [0.2, 0.25) is 0 Å². The zero-order valence-corrected chi connectivity index (χ0v) is 10.8. The quantitative estimate of drug-likeness (QED) is 0.842. The Morgan fingerprint density at radius 3 is 2.33 bits per heavy atom. The predicted octanol–water partition coefficient (Wildman–Crippen LogP) is 1.24. The third-order valence-electron chi connectivity index (χ3n) is 2.53. The van der Waals surface area contributed by atoms with E-state index in [9.17, 15) is 9.59 Å². The van der Waals surface area contributed by atoms with E-state index in [4.69, 9.17) is 5.11 Å². The summed E-state index contributed by atoms with van der Waals surface area (Å²) in [7, 11) is 0. The van der Waals surface area contributed by atoms with Crippen molar-refractivity contribution < 1.29 is 14.7 Å². The highest BCUT2D eigenvalue weighted by Gasteiger charge is 2.32. The standard InChI is InChI=1S/C13H18N2O3/c1-13(2,3)11(12(17)18)15-10(16)8-9-4-6-14-7-5-9/h4-7,11H,8H2,1-3H3,(H,15,16)(H,17,18)/t11-/m0/s1. The first-order valence-electron chi connectivity index (χ1n) is 5.72. The summed E-state index contributed by atoms with van der Waals surface area (Å²) in [5.41, 5.74) is 0.278. The average Bonchev–Trinajstić information content (AvgIpc) is 2.25. The van der Waals surface area contributed by atoms with E-state index in [0.29, 0.717) is 0 Å². The van der Waals surface area contributed by atoms with Crippen molar-refractivity contribution in [3.8, 4) is 0 Å². The van der Waals surface area contributed by atoms with E-state index >= 15 is 0 Å². The lowest BCUT2D eigenvalue weighted by Gasteiger charge is -2.27. The van der Waals surface area contributed by atoms with Crippen molar-refractivity contribution in [3.63, 3.8) is 0 Å². The zero-order chi connectivity index (χ0) is 13.8. The molecular formula is C13H18N2O3. The Morgan fingerprint density at radius 2 is 1.89 bits per heavy atom. The largest absolute Gasteiger partial charge is 0.480 e. The lowest BCUT2D eigenvalue weighted by atomic mass is 9.86. The molecule has 0 aliphatic rings. The Morgan fingerprint density at radius 1 is 1.33 bits per heavy atom. The molecular weight excluding hydrogens is 232 g/mol. The molecule has 5 nitrogen and oxygen atoms in total. The Labute approximate surface area is 106 Å². The van der Waals surface area contributed by atoms with Crippen LogP contribution in [0.5, 0.6) is 0 Å². The SMILES string of the molecule is CC(C)(C)[C@@H](NC(=O)Cc1ccncc1)C(=O)O. The summed E-state index contributed by atoms with van der Waals surface area (Å²) < 4.78 is 0. The first-order valence-corrected chi connectivity index (χ1v) is 5.72. The van der Waals surface area contributed by atoms with Gasteiger partial charge in [0, 0.05) is 12.4 Å². The lowest BCUT2D eigenvalue weighted by Crippen LogP contribution is -2.49. The zero-order valence-electron chi connectivity index (χ0n) is 10.8. The van der Waals surface area contributed by atoms with Crippen molar-refractivity contribution in [2.75, 3.05) is 0 Å². The van der Waals surface area contributed by atoms with Gasteiger partial charge in [0.25, 0.3) is 0 Å². The molecule has 1 aromatic rings. The number of hydrogen-bond acceptors (Lipinski definition) is 3. The molecule has 1 amide bonds. The molecule has 98 valence electrons. The fourth-order valence-corrected chi connectivity index (χ4v) is 1.55. The van der Waals surface area contributed by atoms with Gasteiger partial charge in [0.1, 0.15) is 6.04 Å². The minimum absolute atomic E-state index is 0.155. The summed E-state index contributed by atoms with van der Waals surface area (Å²) in [6, 6.07) is 2.56. The number of hydrogen-bond donors (Lipinski definition) is 2. The summed E-state index contributed by atoms with van der Waals surface area (Å²) in [5.74, 6) is -1.32. The molecule has 0 saturated heterocycles. The van der Waals surface area contributed by atoms with Crippen LogP contribution in [0.3, 0.4) is 0 Å². The number of nitrogens with one attached hydrogen (secondary N) is 1. The highest BCUT2D eigenvalue weighted by atomic mass is 16.4. The molecule has 0 saturated carbocycles. The van der Waals surface area contributed by atoms with E-state index in [-0.39, 0.29) is 12.3 Å². The van der Waals surface area contributed by atoms with Gasteiger partial charge in [-0.05, 0) is 23.1 Å². The van der Waals surface area contributed by atoms with Crippen molar-refractivity contribution in [2.24, 2.45) is 5.41 Å².